The van der Waals surface area contributed by atoms with E-state index in [2.05, 4.69) is 6.92 Å². The lowest BCUT2D eigenvalue weighted by Gasteiger charge is -2.42. The highest BCUT2D eigenvalue weighted by atomic mass is 16.7. The molecule has 2 N–H and O–H groups in total. The van der Waals surface area contributed by atoms with Crippen molar-refractivity contribution in [2.45, 2.75) is 83.0 Å². The fourth-order valence-corrected chi connectivity index (χ4v) is 8.57. The molecule has 0 bridgehead atoms. The number of amides is 3. The molecular formula is C42H45N3O9. The molecule has 2 unspecified atom stereocenters. The topological polar surface area (TPSA) is 138 Å². The number of nitrogens with zero attached hydrogens (tertiary/aromatic N) is 3. The van der Waals surface area contributed by atoms with Crippen LogP contribution in [0.4, 0.5) is 16.2 Å². The molecule has 0 saturated carbocycles. The number of ether oxygens (including phenoxy) is 4. The molecule has 12 heteroatoms. The summed E-state index contributed by atoms with van der Waals surface area (Å²) in [5, 5.41) is 23.2. The first-order valence-electron chi connectivity index (χ1n) is 18.8. The van der Waals surface area contributed by atoms with Gasteiger partial charge in [0.25, 0.3) is 5.91 Å². The number of piperidine rings is 1. The van der Waals surface area contributed by atoms with Gasteiger partial charge in [-0.3, -0.25) is 9.59 Å². The molecule has 2 fully saturated rings. The average Bonchev–Trinajstić information content (AvgIpc) is 3.48. The number of phenols is 1. The van der Waals surface area contributed by atoms with Gasteiger partial charge in [-0.2, -0.15) is 0 Å². The third kappa shape index (κ3) is 6.58. The summed E-state index contributed by atoms with van der Waals surface area (Å²) >= 11 is 0. The van der Waals surface area contributed by atoms with Crippen LogP contribution in [-0.2, 0) is 27.3 Å². The van der Waals surface area contributed by atoms with Crippen molar-refractivity contribution in [3.63, 3.8) is 0 Å². The number of rotatable bonds is 8. The van der Waals surface area contributed by atoms with Crippen LogP contribution in [0.3, 0.4) is 0 Å². The van der Waals surface area contributed by atoms with Crippen LogP contribution in [0.1, 0.15) is 78.4 Å². The average molecular weight is 736 g/mol. The zero-order valence-electron chi connectivity index (χ0n) is 30.5. The van der Waals surface area contributed by atoms with Crippen molar-refractivity contribution in [1.29, 1.82) is 0 Å². The summed E-state index contributed by atoms with van der Waals surface area (Å²) in [6.45, 7) is 3.73. The molecule has 4 aliphatic rings. The summed E-state index contributed by atoms with van der Waals surface area (Å²) in [5.41, 5.74) is 3.75. The number of anilines is 2. The first-order chi connectivity index (χ1) is 26.2. The standard InChI is InChI=1S/C42H45N3O9/c1-25-23-44(33-21-34(46)28-12-3-4-13-29(28)39(25)33)37(47)19-26-10-9-11-27(18-26)24-53-36-22-32-30(20-35(36)51-2)40(48)43-16-7-5-14-31(43)41(45(32)42(49)50)54-38-15-6-8-17-52-38/h3-4,9-13,18,20-22,25,31,38,41,46H,5-8,14-17,19,23-24H2,1-2H3,(H,49,50)/t25-,31+,38?,41?/m1/s1. The van der Waals surface area contributed by atoms with Crippen molar-refractivity contribution in [2.75, 3.05) is 36.6 Å². The van der Waals surface area contributed by atoms with Gasteiger partial charge in [0.2, 0.25) is 5.91 Å². The van der Waals surface area contributed by atoms with Crippen LogP contribution < -0.4 is 19.3 Å². The summed E-state index contributed by atoms with van der Waals surface area (Å²) in [7, 11) is 1.48. The van der Waals surface area contributed by atoms with Gasteiger partial charge >= 0.3 is 6.09 Å². The molecule has 4 aliphatic heterocycles. The Morgan fingerprint density at radius 1 is 0.907 bits per heavy atom. The Balaban J connectivity index is 1.04. The van der Waals surface area contributed by atoms with Gasteiger partial charge in [-0.15, -0.1) is 0 Å². The number of aromatic hydroxyl groups is 1. The second-order valence-corrected chi connectivity index (χ2v) is 14.6. The molecule has 4 aromatic rings. The SMILES string of the molecule is COc1cc2c(cc1OCc1cccc(CC(=O)N3C[C@@H](C)c4c3cc(O)c3ccccc43)c1)N(C(=O)O)C(OC1CCCCO1)[C@@H]1CCCCN1C2=O. The maximum absolute atomic E-state index is 14.1. The second kappa shape index (κ2) is 14.8. The van der Waals surface area contributed by atoms with E-state index < -0.39 is 24.7 Å². The van der Waals surface area contributed by atoms with Gasteiger partial charge in [-0.05, 0) is 66.7 Å². The van der Waals surface area contributed by atoms with E-state index in [4.69, 9.17) is 18.9 Å². The van der Waals surface area contributed by atoms with Gasteiger partial charge in [-0.1, -0.05) is 55.5 Å². The number of carbonyl (C=O) groups excluding carboxylic acids is 2. The van der Waals surface area contributed by atoms with Crippen molar-refractivity contribution >= 4 is 40.1 Å². The number of hydrogen-bond donors (Lipinski definition) is 2. The van der Waals surface area contributed by atoms with E-state index in [0.29, 0.717) is 38.3 Å². The van der Waals surface area contributed by atoms with Gasteiger partial charge in [0, 0.05) is 43.1 Å². The fourth-order valence-electron chi connectivity index (χ4n) is 8.57. The summed E-state index contributed by atoms with van der Waals surface area (Å²) in [6, 6.07) is 19.6. The van der Waals surface area contributed by atoms with Crippen LogP contribution in [-0.4, -0.2) is 78.4 Å². The maximum atomic E-state index is 14.1. The van der Waals surface area contributed by atoms with Gasteiger partial charge < -0.3 is 39.0 Å². The Morgan fingerprint density at radius 3 is 2.48 bits per heavy atom. The number of carboxylic acid groups (broad SMARTS) is 1. The normalized spacial score (nSPS) is 22.3. The molecule has 8 rings (SSSR count). The Kier molecular flexibility index (Phi) is 9.80. The van der Waals surface area contributed by atoms with Crippen molar-refractivity contribution in [3.8, 4) is 17.2 Å². The lowest BCUT2D eigenvalue weighted by atomic mass is 9.95. The highest BCUT2D eigenvalue weighted by Crippen LogP contribution is 2.45. The maximum Gasteiger partial charge on any atom is 0.414 e. The minimum atomic E-state index is -1.25. The Bertz CT molecular complexity index is 2100. The fraction of sp³-hybridized carbons (Fsp3) is 0.405. The molecular weight excluding hydrogens is 690 g/mol. The molecule has 0 aliphatic carbocycles. The first-order valence-corrected chi connectivity index (χ1v) is 18.8. The quantitative estimate of drug-likeness (QED) is 0.193. The van der Waals surface area contributed by atoms with Crippen LogP contribution in [0.5, 0.6) is 17.2 Å². The molecule has 4 aromatic carbocycles. The lowest BCUT2D eigenvalue weighted by Crippen LogP contribution is -2.57. The zero-order chi connectivity index (χ0) is 37.5. The van der Waals surface area contributed by atoms with Crippen LogP contribution in [0, 0.1) is 0 Å². The van der Waals surface area contributed by atoms with E-state index in [1.54, 1.807) is 28.0 Å². The molecule has 0 spiro atoms. The van der Waals surface area contributed by atoms with E-state index >= 15 is 0 Å². The van der Waals surface area contributed by atoms with Crippen molar-refractivity contribution < 1.29 is 43.5 Å². The highest BCUT2D eigenvalue weighted by Gasteiger charge is 2.46. The Labute approximate surface area is 313 Å². The third-order valence-electron chi connectivity index (χ3n) is 11.1. The van der Waals surface area contributed by atoms with Crippen molar-refractivity contribution in [1.82, 2.24) is 4.90 Å². The number of methoxy groups -OCH3 is 1. The first kappa shape index (κ1) is 35.7. The largest absolute Gasteiger partial charge is 0.507 e. The molecule has 0 radical (unpaired) electrons. The number of fused-ring (bicyclic) bond motifs is 5. The predicted molar refractivity (Wildman–Crippen MR) is 201 cm³/mol. The number of hydrogen-bond acceptors (Lipinski definition) is 8. The smallest absolute Gasteiger partial charge is 0.414 e. The summed E-state index contributed by atoms with van der Waals surface area (Å²) in [4.78, 5) is 45.6. The highest BCUT2D eigenvalue weighted by molar-refractivity contribution is 6.06. The molecule has 54 heavy (non-hydrogen) atoms. The van der Waals surface area contributed by atoms with E-state index in [1.807, 2.05) is 48.5 Å². The molecule has 12 nitrogen and oxygen atoms in total. The lowest BCUT2D eigenvalue weighted by molar-refractivity contribution is -0.198. The van der Waals surface area contributed by atoms with Gasteiger partial charge in [-0.25, -0.2) is 9.69 Å². The van der Waals surface area contributed by atoms with Crippen LogP contribution in [0.15, 0.2) is 66.7 Å². The second-order valence-electron chi connectivity index (χ2n) is 14.6. The number of benzene rings is 4. The number of phenolic OH excluding ortho intramolecular Hbond substituents is 1. The Hall–Kier alpha value is -5.33. The van der Waals surface area contributed by atoms with E-state index in [1.165, 1.54) is 7.11 Å². The summed E-state index contributed by atoms with van der Waals surface area (Å²) in [6.07, 6.45) is 2.08. The molecule has 0 aromatic heterocycles. The molecule has 3 amide bonds. The van der Waals surface area contributed by atoms with Crippen LogP contribution >= 0.6 is 0 Å². The summed E-state index contributed by atoms with van der Waals surface area (Å²) < 4.78 is 24.3. The predicted octanol–water partition coefficient (Wildman–Crippen LogP) is 7.19. The van der Waals surface area contributed by atoms with Gasteiger partial charge in [0.05, 0.1) is 36.5 Å². The van der Waals surface area contributed by atoms with E-state index in [0.717, 1.165) is 63.7 Å². The Morgan fingerprint density at radius 2 is 1.70 bits per heavy atom. The van der Waals surface area contributed by atoms with Gasteiger partial charge in [0.15, 0.2) is 24.0 Å². The van der Waals surface area contributed by atoms with Crippen molar-refractivity contribution in [2.24, 2.45) is 0 Å². The summed E-state index contributed by atoms with van der Waals surface area (Å²) in [5.74, 6) is 0.458. The number of carbonyl (C=O) groups is 3. The van der Waals surface area contributed by atoms with Crippen molar-refractivity contribution in [3.05, 3.63) is 89.0 Å². The molecule has 282 valence electrons. The zero-order valence-corrected chi connectivity index (χ0v) is 30.5. The minimum Gasteiger partial charge on any atom is -0.507 e. The molecule has 2 saturated heterocycles. The third-order valence-corrected chi connectivity index (χ3v) is 11.1. The monoisotopic (exact) mass is 735 g/mol. The van der Waals surface area contributed by atoms with Gasteiger partial charge in [0.1, 0.15) is 12.4 Å². The molecule has 4 heterocycles. The van der Waals surface area contributed by atoms with E-state index in [9.17, 15) is 24.6 Å². The van der Waals surface area contributed by atoms with E-state index in [-0.39, 0.29) is 53.5 Å². The molecule has 4 atom stereocenters. The minimum absolute atomic E-state index is 0.0779. The van der Waals surface area contributed by atoms with Crippen LogP contribution in [0.2, 0.25) is 0 Å². The van der Waals surface area contributed by atoms with Crippen LogP contribution in [0.25, 0.3) is 10.8 Å².